The highest BCUT2D eigenvalue weighted by Gasteiger charge is 2.15. The van der Waals surface area contributed by atoms with Crippen LogP contribution in [-0.4, -0.2) is 9.55 Å². The number of aromatic amines is 1. The molecule has 0 aliphatic rings. The van der Waals surface area contributed by atoms with Gasteiger partial charge in [0.05, 0.1) is 11.0 Å². The molecule has 46 heavy (non-hydrogen) atoms. The van der Waals surface area contributed by atoms with Gasteiger partial charge in [0.25, 0.3) is 0 Å². The van der Waals surface area contributed by atoms with Crippen LogP contribution in [0, 0.1) is 0 Å². The summed E-state index contributed by atoms with van der Waals surface area (Å²) in [6.07, 6.45) is 0. The van der Waals surface area contributed by atoms with Crippen LogP contribution in [0.15, 0.2) is 164 Å². The Kier molecular flexibility index (Phi) is 5.31. The van der Waals surface area contributed by atoms with Gasteiger partial charge >= 0.3 is 0 Å². The molecule has 10 aromatic rings. The van der Waals surface area contributed by atoms with Crippen LogP contribution >= 0.6 is 0 Å². The van der Waals surface area contributed by atoms with Gasteiger partial charge in [0, 0.05) is 38.3 Å². The minimum absolute atomic E-state index is 1.17. The molecular formula is C44H28N2. The maximum atomic E-state index is 3.68. The molecule has 0 bridgehead atoms. The van der Waals surface area contributed by atoms with Gasteiger partial charge in [-0.3, -0.25) is 0 Å². The van der Waals surface area contributed by atoms with E-state index >= 15 is 0 Å². The summed E-state index contributed by atoms with van der Waals surface area (Å²) in [7, 11) is 0. The average molecular weight is 585 g/mol. The molecule has 0 radical (unpaired) electrons. The van der Waals surface area contributed by atoms with Crippen molar-refractivity contribution in [2.75, 3.05) is 0 Å². The van der Waals surface area contributed by atoms with Gasteiger partial charge in [-0.2, -0.15) is 0 Å². The molecule has 0 atom stereocenters. The fraction of sp³-hybridized carbons (Fsp3) is 0. The number of nitrogens with one attached hydrogen (secondary N) is 1. The molecule has 2 heteroatoms. The third-order valence-electron chi connectivity index (χ3n) is 9.68. The molecule has 0 unspecified atom stereocenters. The number of rotatable bonds is 3. The smallest absolute Gasteiger partial charge is 0.0547 e. The Hall–Kier alpha value is -6.12. The van der Waals surface area contributed by atoms with Gasteiger partial charge in [0.1, 0.15) is 0 Å². The zero-order chi connectivity index (χ0) is 30.2. The largest absolute Gasteiger partial charge is 0.354 e. The van der Waals surface area contributed by atoms with Crippen molar-refractivity contribution < 1.29 is 0 Å². The minimum atomic E-state index is 1.17. The number of benzene rings is 8. The summed E-state index contributed by atoms with van der Waals surface area (Å²) in [5.74, 6) is 0. The van der Waals surface area contributed by atoms with E-state index in [9.17, 15) is 0 Å². The topological polar surface area (TPSA) is 20.7 Å². The van der Waals surface area contributed by atoms with Crippen molar-refractivity contribution in [2.24, 2.45) is 0 Å². The van der Waals surface area contributed by atoms with Crippen molar-refractivity contribution in [2.45, 2.75) is 0 Å². The molecule has 214 valence electrons. The summed E-state index contributed by atoms with van der Waals surface area (Å²) in [6.45, 7) is 0. The highest BCUT2D eigenvalue weighted by atomic mass is 15.0. The summed E-state index contributed by atoms with van der Waals surface area (Å²) in [5, 5.41) is 10.1. The van der Waals surface area contributed by atoms with Crippen molar-refractivity contribution in [1.82, 2.24) is 9.55 Å². The number of hydrogen-bond acceptors (Lipinski definition) is 0. The molecule has 0 aliphatic heterocycles. The van der Waals surface area contributed by atoms with Gasteiger partial charge in [0.15, 0.2) is 0 Å². The first kappa shape index (κ1) is 25.2. The summed E-state index contributed by atoms with van der Waals surface area (Å²) in [5.41, 5.74) is 10.9. The minimum Gasteiger partial charge on any atom is -0.354 e. The van der Waals surface area contributed by atoms with Crippen molar-refractivity contribution in [3.8, 4) is 27.9 Å². The van der Waals surface area contributed by atoms with E-state index in [1.807, 2.05) is 0 Å². The second-order valence-electron chi connectivity index (χ2n) is 12.3. The van der Waals surface area contributed by atoms with Gasteiger partial charge < -0.3 is 9.55 Å². The normalized spacial score (nSPS) is 11.9. The van der Waals surface area contributed by atoms with Crippen LogP contribution in [0.1, 0.15) is 0 Å². The second-order valence-corrected chi connectivity index (χ2v) is 12.3. The van der Waals surface area contributed by atoms with E-state index < -0.39 is 0 Å². The molecule has 1 N–H and O–H groups in total. The molecule has 8 aromatic carbocycles. The van der Waals surface area contributed by atoms with E-state index in [1.165, 1.54) is 93.1 Å². The summed E-state index contributed by atoms with van der Waals surface area (Å²) in [4.78, 5) is 3.68. The lowest BCUT2D eigenvalue weighted by atomic mass is 9.93. The lowest BCUT2D eigenvalue weighted by Crippen LogP contribution is -1.93. The fourth-order valence-electron chi connectivity index (χ4n) is 7.56. The van der Waals surface area contributed by atoms with E-state index in [0.29, 0.717) is 0 Å². The lowest BCUT2D eigenvalue weighted by molar-refractivity contribution is 1.18. The Morgan fingerprint density at radius 3 is 1.83 bits per heavy atom. The van der Waals surface area contributed by atoms with Crippen LogP contribution in [-0.2, 0) is 0 Å². The predicted octanol–water partition coefficient (Wildman–Crippen LogP) is 12.1. The number of aromatic nitrogens is 2. The lowest BCUT2D eigenvalue weighted by Gasteiger charge is -2.11. The Bertz CT molecular complexity index is 2800. The van der Waals surface area contributed by atoms with Crippen molar-refractivity contribution in [3.05, 3.63) is 164 Å². The number of hydrogen-bond donors (Lipinski definition) is 1. The molecule has 2 heterocycles. The average Bonchev–Trinajstić information content (AvgIpc) is 3.67. The van der Waals surface area contributed by atoms with Crippen LogP contribution in [0.3, 0.4) is 0 Å². The molecule has 0 aliphatic carbocycles. The highest BCUT2D eigenvalue weighted by Crippen LogP contribution is 2.40. The van der Waals surface area contributed by atoms with Crippen molar-refractivity contribution >= 4 is 65.2 Å². The summed E-state index contributed by atoms with van der Waals surface area (Å²) >= 11 is 0. The van der Waals surface area contributed by atoms with Crippen LogP contribution in [0.2, 0.25) is 0 Å². The molecule has 0 saturated heterocycles. The maximum Gasteiger partial charge on any atom is 0.0547 e. The number of fused-ring (bicyclic) bond motifs is 9. The van der Waals surface area contributed by atoms with E-state index in [-0.39, 0.29) is 0 Å². The van der Waals surface area contributed by atoms with Crippen LogP contribution in [0.5, 0.6) is 0 Å². The summed E-state index contributed by atoms with van der Waals surface area (Å²) in [6, 6.07) is 59.7. The highest BCUT2D eigenvalue weighted by molar-refractivity contribution is 6.23. The van der Waals surface area contributed by atoms with E-state index in [4.69, 9.17) is 0 Å². The third kappa shape index (κ3) is 3.71. The molecule has 10 rings (SSSR count). The van der Waals surface area contributed by atoms with E-state index in [1.54, 1.807) is 0 Å². The number of para-hydroxylation sites is 3. The van der Waals surface area contributed by atoms with Crippen LogP contribution in [0.4, 0.5) is 0 Å². The van der Waals surface area contributed by atoms with Gasteiger partial charge in [-0.05, 0) is 92.3 Å². The molecule has 2 aromatic heterocycles. The van der Waals surface area contributed by atoms with Gasteiger partial charge in [-0.25, -0.2) is 0 Å². The van der Waals surface area contributed by atoms with E-state index in [0.717, 1.165) is 0 Å². The Morgan fingerprint density at radius 2 is 0.978 bits per heavy atom. The maximum absolute atomic E-state index is 3.68. The monoisotopic (exact) mass is 584 g/mol. The van der Waals surface area contributed by atoms with Crippen molar-refractivity contribution in [1.29, 1.82) is 0 Å². The second kappa shape index (κ2) is 9.69. The fourth-order valence-corrected chi connectivity index (χ4v) is 7.56. The Morgan fingerprint density at radius 1 is 0.370 bits per heavy atom. The first-order chi connectivity index (χ1) is 22.8. The molecule has 0 saturated carbocycles. The van der Waals surface area contributed by atoms with Crippen molar-refractivity contribution in [3.63, 3.8) is 0 Å². The Balaban J connectivity index is 1.11. The van der Waals surface area contributed by atoms with Crippen LogP contribution < -0.4 is 0 Å². The zero-order valence-electron chi connectivity index (χ0n) is 25.0. The predicted molar refractivity (Wildman–Crippen MR) is 196 cm³/mol. The molecular weight excluding hydrogens is 556 g/mol. The SMILES string of the molecule is c1ccc(-n2c3ccccc3c3ccc(-c4ccc5cc(-c6cc7[nH]c8ccccc8c7c7ccccc67)ccc5c4)cc32)cc1. The number of nitrogens with zero attached hydrogens (tertiary/aromatic N) is 1. The molecule has 0 amide bonds. The summed E-state index contributed by atoms with van der Waals surface area (Å²) < 4.78 is 2.38. The quantitative estimate of drug-likeness (QED) is 0.213. The first-order valence-corrected chi connectivity index (χ1v) is 15.9. The first-order valence-electron chi connectivity index (χ1n) is 15.9. The van der Waals surface area contributed by atoms with Crippen LogP contribution in [0.25, 0.3) is 93.1 Å². The Labute approximate surface area is 265 Å². The third-order valence-corrected chi connectivity index (χ3v) is 9.68. The van der Waals surface area contributed by atoms with Gasteiger partial charge in [-0.15, -0.1) is 0 Å². The molecule has 0 spiro atoms. The molecule has 0 fully saturated rings. The van der Waals surface area contributed by atoms with Gasteiger partial charge in [-0.1, -0.05) is 115 Å². The van der Waals surface area contributed by atoms with E-state index in [2.05, 4.69) is 173 Å². The zero-order valence-corrected chi connectivity index (χ0v) is 25.0. The van der Waals surface area contributed by atoms with Gasteiger partial charge in [0.2, 0.25) is 0 Å². The standard InChI is InChI=1S/C44H28N2/c1-2-10-33(11-3-1)46-42-17-9-7-13-35(42)36-23-22-31(26-43(36)46)29-18-19-30-25-32(21-20-28(30)24-29)39-27-41-44(37-14-5-4-12-34(37)39)38-15-6-8-16-40(38)45-41/h1-27,45H. The number of H-pyrrole nitrogens is 1. The molecule has 2 nitrogen and oxygen atoms in total.